The number of aromatic nitrogens is 1. The van der Waals surface area contributed by atoms with Crippen LogP contribution >= 0.6 is 0 Å². The van der Waals surface area contributed by atoms with Gasteiger partial charge in [0, 0.05) is 17.3 Å². The summed E-state index contributed by atoms with van der Waals surface area (Å²) in [4.78, 5) is 27.9. The first-order chi connectivity index (χ1) is 13.8. The van der Waals surface area contributed by atoms with Crippen molar-refractivity contribution >= 4 is 11.8 Å². The number of rotatable bonds is 6. The molecule has 1 heterocycles. The largest absolute Gasteiger partial charge is 0.438 e. The van der Waals surface area contributed by atoms with Crippen molar-refractivity contribution in [2.24, 2.45) is 5.73 Å². The Bertz CT molecular complexity index is 1060. The Balaban J connectivity index is 1.79. The predicted molar refractivity (Wildman–Crippen MR) is 102 cm³/mol. The summed E-state index contributed by atoms with van der Waals surface area (Å²) in [5.41, 5.74) is 5.48. The van der Waals surface area contributed by atoms with Gasteiger partial charge in [0.25, 0.3) is 5.91 Å². The van der Waals surface area contributed by atoms with E-state index >= 15 is 0 Å². The molecule has 1 unspecified atom stereocenters. The Labute approximate surface area is 165 Å². The number of halogens is 2. The van der Waals surface area contributed by atoms with Crippen LogP contribution in [-0.4, -0.2) is 16.8 Å². The van der Waals surface area contributed by atoms with Crippen molar-refractivity contribution in [1.82, 2.24) is 10.3 Å². The zero-order valence-electron chi connectivity index (χ0n) is 15.4. The maximum Gasteiger partial charge on any atom is 0.257 e. The molecule has 3 rings (SSSR count). The first-order valence-electron chi connectivity index (χ1n) is 8.63. The van der Waals surface area contributed by atoms with Crippen LogP contribution in [0.15, 0.2) is 60.8 Å². The van der Waals surface area contributed by atoms with Crippen LogP contribution in [0.2, 0.25) is 0 Å². The third-order valence-corrected chi connectivity index (χ3v) is 4.14. The van der Waals surface area contributed by atoms with E-state index in [-0.39, 0.29) is 22.6 Å². The lowest BCUT2D eigenvalue weighted by Crippen LogP contribution is -2.28. The van der Waals surface area contributed by atoms with Crippen LogP contribution in [0, 0.1) is 11.6 Å². The highest BCUT2D eigenvalue weighted by Gasteiger charge is 2.19. The number of pyridine rings is 1. The van der Waals surface area contributed by atoms with Gasteiger partial charge in [0.2, 0.25) is 11.8 Å². The molecule has 3 N–H and O–H groups in total. The van der Waals surface area contributed by atoms with E-state index in [1.165, 1.54) is 48.7 Å². The second-order valence-corrected chi connectivity index (χ2v) is 6.21. The molecule has 0 aliphatic rings. The fraction of sp³-hybridized carbons (Fsp3) is 0.0952. The van der Waals surface area contributed by atoms with Gasteiger partial charge in [0.1, 0.15) is 22.9 Å². The minimum absolute atomic E-state index is 0.0216. The number of ether oxygens (including phenoxy) is 1. The number of benzene rings is 2. The second-order valence-electron chi connectivity index (χ2n) is 6.21. The van der Waals surface area contributed by atoms with Crippen molar-refractivity contribution in [3.63, 3.8) is 0 Å². The summed E-state index contributed by atoms with van der Waals surface area (Å²) in [6, 6.07) is 11.4. The zero-order valence-corrected chi connectivity index (χ0v) is 15.4. The first kappa shape index (κ1) is 19.9. The molecule has 0 bridgehead atoms. The Morgan fingerprint density at radius 1 is 1.10 bits per heavy atom. The number of primary amides is 1. The molecule has 8 heteroatoms. The maximum atomic E-state index is 14.3. The lowest BCUT2D eigenvalue weighted by molar-refractivity contribution is 0.0934. The van der Waals surface area contributed by atoms with Crippen molar-refractivity contribution in [2.75, 3.05) is 0 Å². The molecule has 29 heavy (non-hydrogen) atoms. The molecule has 0 saturated carbocycles. The molecule has 1 atom stereocenters. The highest BCUT2D eigenvalue weighted by atomic mass is 19.1. The Morgan fingerprint density at radius 2 is 1.83 bits per heavy atom. The van der Waals surface area contributed by atoms with Crippen molar-refractivity contribution in [3.05, 3.63) is 89.1 Å². The number of nitrogens with zero attached hydrogens (tertiary/aromatic N) is 1. The van der Waals surface area contributed by atoms with Crippen LogP contribution in [-0.2, 0) is 0 Å². The summed E-state index contributed by atoms with van der Waals surface area (Å²) in [5.74, 6) is -2.04. The van der Waals surface area contributed by atoms with Gasteiger partial charge >= 0.3 is 0 Å². The van der Waals surface area contributed by atoms with Crippen molar-refractivity contribution < 1.29 is 23.1 Å². The van der Waals surface area contributed by atoms with Crippen LogP contribution in [0.1, 0.15) is 39.2 Å². The van der Waals surface area contributed by atoms with E-state index in [4.69, 9.17) is 10.5 Å². The van der Waals surface area contributed by atoms with Gasteiger partial charge in [-0.2, -0.15) is 0 Å². The lowest BCUT2D eigenvalue weighted by Gasteiger charge is -2.16. The number of hydrogen-bond acceptors (Lipinski definition) is 4. The van der Waals surface area contributed by atoms with Gasteiger partial charge in [0.05, 0.1) is 6.04 Å². The molecule has 0 saturated heterocycles. The number of carbonyl (C=O) groups is 2. The first-order valence-corrected chi connectivity index (χ1v) is 8.63. The number of nitrogens with two attached hydrogens (primary N) is 1. The molecule has 0 fully saturated rings. The van der Waals surface area contributed by atoms with Crippen LogP contribution < -0.4 is 15.8 Å². The molecule has 148 valence electrons. The quantitative estimate of drug-likeness (QED) is 0.662. The molecule has 0 aliphatic carbocycles. The number of amides is 2. The average Bonchev–Trinajstić information content (AvgIpc) is 2.69. The van der Waals surface area contributed by atoms with Crippen molar-refractivity contribution in [1.29, 1.82) is 0 Å². The smallest absolute Gasteiger partial charge is 0.257 e. The highest BCUT2D eigenvalue weighted by Crippen LogP contribution is 2.24. The molecule has 0 radical (unpaired) electrons. The number of carbonyl (C=O) groups excluding carboxylic acids is 2. The molecular formula is C21H17F2N3O3. The maximum absolute atomic E-state index is 14.3. The molecule has 0 spiro atoms. The fourth-order valence-corrected chi connectivity index (χ4v) is 2.64. The number of nitrogens with one attached hydrogen (secondary N) is 1. The monoisotopic (exact) mass is 397 g/mol. The minimum atomic E-state index is -0.745. The number of hydrogen-bond donors (Lipinski definition) is 2. The van der Waals surface area contributed by atoms with Gasteiger partial charge in [-0.3, -0.25) is 9.59 Å². The van der Waals surface area contributed by atoms with Crippen molar-refractivity contribution in [2.45, 2.75) is 13.0 Å². The summed E-state index contributed by atoms with van der Waals surface area (Å²) >= 11 is 0. The predicted octanol–water partition coefficient (Wildman–Crippen LogP) is 3.74. The van der Waals surface area contributed by atoms with Crippen LogP contribution in [0.4, 0.5) is 8.78 Å². The van der Waals surface area contributed by atoms with Crippen LogP contribution in [0.5, 0.6) is 11.6 Å². The second kappa shape index (κ2) is 8.47. The third kappa shape index (κ3) is 4.73. The standard InChI is InChI=1S/C21H17F2N3O3/c1-12(16-9-4-13(19(24)27)11-18(16)23)26-20(28)17-3-2-10-25-21(17)29-15-7-5-14(22)6-8-15/h2-12H,1H3,(H2,24,27)(H,26,28). The molecular weight excluding hydrogens is 380 g/mol. The SMILES string of the molecule is CC(NC(=O)c1cccnc1Oc1ccc(F)cc1)c1ccc(C(N)=O)cc1F. The van der Waals surface area contributed by atoms with Crippen LogP contribution in [0.3, 0.4) is 0 Å². The Kier molecular flexibility index (Phi) is 5.82. The summed E-state index contributed by atoms with van der Waals surface area (Å²) in [5, 5.41) is 2.66. The third-order valence-electron chi connectivity index (χ3n) is 4.14. The van der Waals surface area contributed by atoms with Crippen molar-refractivity contribution in [3.8, 4) is 11.6 Å². The fourth-order valence-electron chi connectivity index (χ4n) is 2.64. The topological polar surface area (TPSA) is 94.3 Å². The minimum Gasteiger partial charge on any atom is -0.438 e. The van der Waals surface area contributed by atoms with E-state index in [1.54, 1.807) is 13.0 Å². The molecule has 0 aliphatic heterocycles. The molecule has 1 aromatic heterocycles. The molecule has 6 nitrogen and oxygen atoms in total. The molecule has 2 amide bonds. The summed E-state index contributed by atoms with van der Waals surface area (Å²) in [6.45, 7) is 1.59. The Morgan fingerprint density at radius 3 is 2.48 bits per heavy atom. The van der Waals surface area contributed by atoms with E-state index < -0.39 is 29.5 Å². The van der Waals surface area contributed by atoms with E-state index in [0.717, 1.165) is 6.07 Å². The van der Waals surface area contributed by atoms with Gasteiger partial charge in [-0.1, -0.05) is 6.07 Å². The van der Waals surface area contributed by atoms with E-state index in [0.29, 0.717) is 5.75 Å². The lowest BCUT2D eigenvalue weighted by atomic mass is 10.0. The molecule has 2 aromatic carbocycles. The molecule has 3 aromatic rings. The van der Waals surface area contributed by atoms with Gasteiger partial charge in [-0.25, -0.2) is 13.8 Å². The van der Waals surface area contributed by atoms with E-state index in [2.05, 4.69) is 10.3 Å². The summed E-state index contributed by atoms with van der Waals surface area (Å²) in [6.07, 6.45) is 1.45. The summed E-state index contributed by atoms with van der Waals surface area (Å²) < 4.78 is 32.9. The van der Waals surface area contributed by atoms with E-state index in [1.807, 2.05) is 0 Å². The van der Waals surface area contributed by atoms with E-state index in [9.17, 15) is 18.4 Å². The summed E-state index contributed by atoms with van der Waals surface area (Å²) in [7, 11) is 0. The van der Waals surface area contributed by atoms with Crippen LogP contribution in [0.25, 0.3) is 0 Å². The average molecular weight is 397 g/mol. The Hall–Kier alpha value is -3.81. The van der Waals surface area contributed by atoms with Gasteiger partial charge in [0.15, 0.2) is 0 Å². The van der Waals surface area contributed by atoms with Gasteiger partial charge in [-0.05, 0) is 55.5 Å². The van der Waals surface area contributed by atoms with Gasteiger partial charge in [-0.15, -0.1) is 0 Å². The zero-order chi connectivity index (χ0) is 21.0. The normalized spacial score (nSPS) is 11.6. The van der Waals surface area contributed by atoms with Gasteiger partial charge < -0.3 is 15.8 Å². The highest BCUT2D eigenvalue weighted by molar-refractivity contribution is 5.96.